The highest BCUT2D eigenvalue weighted by atomic mass is 16.5. The van der Waals surface area contributed by atoms with E-state index >= 15 is 0 Å². The number of hydrogen-bond donors (Lipinski definition) is 2. The van der Waals surface area contributed by atoms with E-state index in [1.54, 1.807) is 7.11 Å². The molecule has 3 aromatic carbocycles. The summed E-state index contributed by atoms with van der Waals surface area (Å²) in [5.74, 6) is 2.07. The average molecular weight is 502 g/mol. The second kappa shape index (κ2) is 12.9. The molecule has 1 aliphatic rings. The zero-order valence-electron chi connectivity index (χ0n) is 21.5. The smallest absolute Gasteiger partial charge is 0.223 e. The maximum Gasteiger partial charge on any atom is 0.223 e. The Bertz CT molecular complexity index is 1200. The van der Waals surface area contributed by atoms with E-state index in [9.17, 15) is 9.59 Å². The maximum atomic E-state index is 13.3. The number of carbonyl (C=O) groups is 2. The number of methoxy groups -OCH3 is 1. The molecule has 7 heteroatoms. The number of piperazine rings is 1. The van der Waals surface area contributed by atoms with Crippen LogP contribution in [0, 0.1) is 0 Å². The summed E-state index contributed by atoms with van der Waals surface area (Å²) >= 11 is 0. The van der Waals surface area contributed by atoms with Crippen LogP contribution in [-0.4, -0.2) is 49.5 Å². The topological polar surface area (TPSA) is 79.9 Å². The van der Waals surface area contributed by atoms with Crippen molar-refractivity contribution in [1.29, 1.82) is 0 Å². The Labute approximate surface area is 218 Å². The molecule has 2 amide bonds. The van der Waals surface area contributed by atoms with Crippen LogP contribution in [0.4, 0.5) is 0 Å². The van der Waals surface area contributed by atoms with Crippen LogP contribution >= 0.6 is 0 Å². The van der Waals surface area contributed by atoms with Crippen molar-refractivity contribution in [3.05, 3.63) is 89.5 Å². The van der Waals surface area contributed by atoms with Crippen LogP contribution in [0.3, 0.4) is 0 Å². The van der Waals surface area contributed by atoms with Crippen LogP contribution in [0.2, 0.25) is 0 Å². The lowest BCUT2D eigenvalue weighted by atomic mass is 10.0. The van der Waals surface area contributed by atoms with Crippen molar-refractivity contribution in [3.63, 3.8) is 0 Å². The van der Waals surface area contributed by atoms with Gasteiger partial charge in [-0.3, -0.25) is 9.59 Å². The predicted octanol–water partition coefficient (Wildman–Crippen LogP) is 4.10. The summed E-state index contributed by atoms with van der Waals surface area (Å²) in [5, 5.41) is 6.25. The van der Waals surface area contributed by atoms with Crippen molar-refractivity contribution in [2.45, 2.75) is 38.8 Å². The van der Waals surface area contributed by atoms with Gasteiger partial charge >= 0.3 is 0 Å². The number of benzene rings is 3. The van der Waals surface area contributed by atoms with Crippen molar-refractivity contribution in [2.75, 3.05) is 26.7 Å². The Morgan fingerprint density at radius 1 is 1.00 bits per heavy atom. The zero-order chi connectivity index (χ0) is 26.0. The van der Waals surface area contributed by atoms with Crippen LogP contribution < -0.4 is 20.1 Å². The lowest BCUT2D eigenvalue weighted by molar-refractivity contribution is -0.134. The van der Waals surface area contributed by atoms with Gasteiger partial charge in [-0.25, -0.2) is 0 Å². The van der Waals surface area contributed by atoms with Crippen molar-refractivity contribution in [1.82, 2.24) is 15.5 Å². The molecule has 0 aliphatic carbocycles. The molecule has 1 saturated heterocycles. The number of carbonyl (C=O) groups excluding carboxylic acids is 2. The minimum absolute atomic E-state index is 0.119. The van der Waals surface area contributed by atoms with Crippen molar-refractivity contribution in [3.8, 4) is 17.2 Å². The Balaban J connectivity index is 1.44. The molecule has 1 heterocycles. The first-order valence-corrected chi connectivity index (χ1v) is 12.7. The molecule has 0 radical (unpaired) electrons. The van der Waals surface area contributed by atoms with E-state index in [-0.39, 0.29) is 17.9 Å². The molecule has 1 aliphatic heterocycles. The van der Waals surface area contributed by atoms with E-state index in [0.717, 1.165) is 30.6 Å². The number of nitrogens with one attached hydrogen (secondary N) is 2. The normalized spacial score (nSPS) is 15.2. The fraction of sp³-hybridized carbons (Fsp3) is 0.333. The molecule has 194 valence electrons. The van der Waals surface area contributed by atoms with Crippen molar-refractivity contribution < 1.29 is 19.1 Å². The number of nitrogens with zero attached hydrogens (tertiary/aromatic N) is 1. The third-order valence-corrected chi connectivity index (χ3v) is 6.58. The molecule has 1 fully saturated rings. The van der Waals surface area contributed by atoms with Gasteiger partial charge in [0, 0.05) is 51.1 Å². The van der Waals surface area contributed by atoms with Crippen LogP contribution in [0.5, 0.6) is 17.2 Å². The summed E-state index contributed by atoms with van der Waals surface area (Å²) in [5.41, 5.74) is 3.01. The second-order valence-corrected chi connectivity index (χ2v) is 9.23. The summed E-state index contributed by atoms with van der Waals surface area (Å²) in [6.07, 6.45) is 1.83. The largest absolute Gasteiger partial charge is 0.497 e. The molecule has 0 saturated carbocycles. The summed E-state index contributed by atoms with van der Waals surface area (Å²) in [4.78, 5) is 26.8. The zero-order valence-corrected chi connectivity index (χ0v) is 21.5. The Hall–Kier alpha value is -3.84. The molecule has 37 heavy (non-hydrogen) atoms. The van der Waals surface area contributed by atoms with E-state index in [4.69, 9.17) is 9.47 Å². The quantitative estimate of drug-likeness (QED) is 0.437. The highest BCUT2D eigenvalue weighted by Crippen LogP contribution is 2.31. The van der Waals surface area contributed by atoms with E-state index in [2.05, 4.69) is 22.8 Å². The summed E-state index contributed by atoms with van der Waals surface area (Å²) in [6.45, 7) is 4.14. The lowest BCUT2D eigenvalue weighted by Gasteiger charge is -2.36. The number of amides is 2. The van der Waals surface area contributed by atoms with Crippen LogP contribution in [0.15, 0.2) is 72.8 Å². The third kappa shape index (κ3) is 7.33. The van der Waals surface area contributed by atoms with E-state index in [1.807, 2.05) is 65.6 Å². The van der Waals surface area contributed by atoms with Crippen molar-refractivity contribution >= 4 is 11.8 Å². The minimum Gasteiger partial charge on any atom is -0.497 e. The summed E-state index contributed by atoms with van der Waals surface area (Å²) in [6, 6.07) is 23.8. The summed E-state index contributed by atoms with van der Waals surface area (Å²) in [7, 11) is 1.60. The molecular formula is C30H35N3O4. The van der Waals surface area contributed by atoms with Crippen LogP contribution in [0.1, 0.15) is 30.0 Å². The minimum atomic E-state index is -0.119. The maximum absolute atomic E-state index is 13.3. The highest BCUT2D eigenvalue weighted by Gasteiger charge is 2.26. The standard InChI is InChI=1S/C30H35N3O4/c1-22(34)32-20-25-19-27(36-2)13-14-29(25)37-28-11-7-6-10-24(28)12-15-30(35)33-17-16-31-21-26(33)18-23-8-4-3-5-9-23/h3-11,13-14,19,26,31H,12,15-18,20-21H2,1-2H3,(H,32,34). The van der Waals surface area contributed by atoms with Crippen LogP contribution in [0.25, 0.3) is 0 Å². The molecule has 0 bridgehead atoms. The Morgan fingerprint density at radius 2 is 1.76 bits per heavy atom. The first kappa shape index (κ1) is 26.2. The molecule has 1 atom stereocenters. The van der Waals surface area contributed by atoms with Gasteiger partial charge in [-0.2, -0.15) is 0 Å². The summed E-state index contributed by atoms with van der Waals surface area (Å²) < 4.78 is 11.7. The predicted molar refractivity (Wildman–Crippen MR) is 144 cm³/mol. The average Bonchev–Trinajstić information content (AvgIpc) is 2.92. The third-order valence-electron chi connectivity index (χ3n) is 6.58. The Morgan fingerprint density at radius 3 is 2.54 bits per heavy atom. The number of hydrogen-bond acceptors (Lipinski definition) is 5. The van der Waals surface area contributed by atoms with Gasteiger partial charge in [0.1, 0.15) is 17.2 Å². The number of aryl methyl sites for hydroxylation is 1. The van der Waals surface area contributed by atoms with Crippen molar-refractivity contribution in [2.24, 2.45) is 0 Å². The van der Waals surface area contributed by atoms with E-state index < -0.39 is 0 Å². The first-order chi connectivity index (χ1) is 18.0. The van der Waals surface area contributed by atoms with Gasteiger partial charge in [0.15, 0.2) is 0 Å². The molecule has 2 N–H and O–H groups in total. The van der Waals surface area contributed by atoms with Gasteiger partial charge in [-0.05, 0) is 48.2 Å². The monoisotopic (exact) mass is 501 g/mol. The van der Waals surface area contributed by atoms with Gasteiger partial charge in [0.05, 0.1) is 7.11 Å². The number of ether oxygens (including phenoxy) is 2. The van der Waals surface area contributed by atoms with Crippen LogP contribution in [-0.2, 0) is 29.0 Å². The molecule has 1 unspecified atom stereocenters. The van der Waals surface area contributed by atoms with Gasteiger partial charge < -0.3 is 25.0 Å². The molecule has 0 aromatic heterocycles. The molecule has 0 spiro atoms. The fourth-order valence-electron chi connectivity index (χ4n) is 4.61. The fourth-order valence-corrected chi connectivity index (χ4v) is 4.61. The van der Waals surface area contributed by atoms with Gasteiger partial charge in [-0.15, -0.1) is 0 Å². The molecule has 3 aromatic rings. The first-order valence-electron chi connectivity index (χ1n) is 12.7. The van der Waals surface area contributed by atoms with E-state index in [0.29, 0.717) is 43.2 Å². The lowest BCUT2D eigenvalue weighted by Crippen LogP contribution is -2.54. The molecule has 4 rings (SSSR count). The van der Waals surface area contributed by atoms with Gasteiger partial charge in [0.2, 0.25) is 11.8 Å². The Kier molecular flexibility index (Phi) is 9.16. The van der Waals surface area contributed by atoms with Gasteiger partial charge in [0.25, 0.3) is 0 Å². The SMILES string of the molecule is COc1ccc(Oc2ccccc2CCC(=O)N2CCNCC2Cc2ccccc2)c(CNC(C)=O)c1. The number of rotatable bonds is 10. The highest BCUT2D eigenvalue weighted by molar-refractivity contribution is 5.77. The van der Waals surface area contributed by atoms with E-state index in [1.165, 1.54) is 12.5 Å². The second-order valence-electron chi connectivity index (χ2n) is 9.23. The van der Waals surface area contributed by atoms with Gasteiger partial charge in [-0.1, -0.05) is 48.5 Å². The molecule has 7 nitrogen and oxygen atoms in total. The number of para-hydroxylation sites is 1. The molecular weight excluding hydrogens is 466 g/mol.